The molecule has 3 heteroatoms. The highest BCUT2D eigenvalue weighted by molar-refractivity contribution is 6.13. The van der Waals surface area contributed by atoms with Gasteiger partial charge in [0.2, 0.25) is 0 Å². The monoisotopic (exact) mass is 264 g/mol. The Morgan fingerprint density at radius 1 is 1.15 bits per heavy atom. The second-order valence-corrected chi connectivity index (χ2v) is 5.07. The molecule has 0 unspecified atom stereocenters. The number of methoxy groups -OCH3 is 1. The van der Waals surface area contributed by atoms with Crippen LogP contribution in [0.5, 0.6) is 5.75 Å². The van der Waals surface area contributed by atoms with Gasteiger partial charge in [-0.05, 0) is 31.0 Å². The minimum Gasteiger partial charge on any atom is -0.495 e. The van der Waals surface area contributed by atoms with Gasteiger partial charge in [0.25, 0.3) is 0 Å². The molecule has 0 N–H and O–H groups in total. The lowest BCUT2D eigenvalue weighted by Crippen LogP contribution is -1.98. The van der Waals surface area contributed by atoms with Gasteiger partial charge in [-0.2, -0.15) is 5.26 Å². The van der Waals surface area contributed by atoms with E-state index >= 15 is 0 Å². The summed E-state index contributed by atoms with van der Waals surface area (Å²) in [5.41, 5.74) is 5.07. The van der Waals surface area contributed by atoms with Crippen LogP contribution in [-0.4, -0.2) is 11.7 Å². The number of para-hydroxylation sites is 1. The minimum atomic E-state index is 0.627. The number of nitriles is 1. The van der Waals surface area contributed by atoms with Crippen molar-refractivity contribution in [3.63, 3.8) is 0 Å². The van der Waals surface area contributed by atoms with Gasteiger partial charge in [0.1, 0.15) is 17.4 Å². The summed E-state index contributed by atoms with van der Waals surface area (Å²) in [4.78, 5) is 0. The van der Waals surface area contributed by atoms with Crippen molar-refractivity contribution >= 4 is 21.8 Å². The first-order chi connectivity index (χ1) is 9.61. The molecule has 0 amide bonds. The van der Waals surface area contributed by atoms with Gasteiger partial charge in [0, 0.05) is 23.3 Å². The lowest BCUT2D eigenvalue weighted by atomic mass is 9.98. The van der Waals surface area contributed by atoms with Gasteiger partial charge in [0.05, 0.1) is 12.6 Å². The maximum atomic E-state index is 9.59. The largest absolute Gasteiger partial charge is 0.495 e. The number of ether oxygens (including phenoxy) is 1. The molecule has 0 fully saturated rings. The molecule has 0 atom stereocenters. The number of aryl methyl sites for hydroxylation is 2. The van der Waals surface area contributed by atoms with E-state index < -0.39 is 0 Å². The normalized spacial score (nSPS) is 10.9. The molecule has 0 saturated carbocycles. The van der Waals surface area contributed by atoms with Gasteiger partial charge >= 0.3 is 0 Å². The number of aromatic nitrogens is 1. The molecule has 3 nitrogen and oxygen atoms in total. The first-order valence-corrected chi connectivity index (χ1v) is 6.56. The molecule has 0 aliphatic rings. The quantitative estimate of drug-likeness (QED) is 0.670. The second-order valence-electron chi connectivity index (χ2n) is 5.07. The van der Waals surface area contributed by atoms with E-state index in [1.807, 2.05) is 26.1 Å². The topological polar surface area (TPSA) is 37.9 Å². The molecule has 1 aromatic heterocycles. The number of hydrogen-bond acceptors (Lipinski definition) is 2. The van der Waals surface area contributed by atoms with Crippen LogP contribution in [0, 0.1) is 25.2 Å². The number of hydrogen-bond donors (Lipinski definition) is 0. The SMILES string of the molecule is COc1c(C)c(C)c2c(c1C#N)c1ccccc1n2C. The predicted octanol–water partition coefficient (Wildman–Crippen LogP) is 3.83. The molecular formula is C17H16N2O. The Morgan fingerprint density at radius 3 is 2.50 bits per heavy atom. The van der Waals surface area contributed by atoms with Crippen molar-refractivity contribution in [3.05, 3.63) is 41.0 Å². The molecule has 0 bridgehead atoms. The molecule has 3 rings (SSSR count). The molecule has 2 aromatic carbocycles. The van der Waals surface area contributed by atoms with Crippen LogP contribution in [-0.2, 0) is 7.05 Å². The fourth-order valence-electron chi connectivity index (χ4n) is 3.10. The van der Waals surface area contributed by atoms with Crippen molar-refractivity contribution < 1.29 is 4.74 Å². The van der Waals surface area contributed by atoms with Crippen molar-refractivity contribution in [1.82, 2.24) is 4.57 Å². The standard InChI is InChI=1S/C17H16N2O/c1-10-11(2)17(20-4)13(9-18)15-12-7-5-6-8-14(12)19(3)16(10)15/h5-8H,1-4H3. The predicted molar refractivity (Wildman–Crippen MR) is 81.2 cm³/mol. The summed E-state index contributed by atoms with van der Waals surface area (Å²) in [6.07, 6.45) is 0. The molecular weight excluding hydrogens is 248 g/mol. The molecule has 100 valence electrons. The van der Waals surface area contributed by atoms with Crippen molar-refractivity contribution in [2.24, 2.45) is 7.05 Å². The molecule has 0 radical (unpaired) electrons. The molecule has 20 heavy (non-hydrogen) atoms. The van der Waals surface area contributed by atoms with Crippen LogP contribution >= 0.6 is 0 Å². The van der Waals surface area contributed by atoms with Crippen LogP contribution in [0.2, 0.25) is 0 Å². The summed E-state index contributed by atoms with van der Waals surface area (Å²) in [6, 6.07) is 10.5. The van der Waals surface area contributed by atoms with Crippen LogP contribution in [0.4, 0.5) is 0 Å². The zero-order valence-electron chi connectivity index (χ0n) is 12.1. The highest BCUT2D eigenvalue weighted by Gasteiger charge is 2.20. The van der Waals surface area contributed by atoms with E-state index in [1.165, 1.54) is 0 Å². The third-order valence-corrected chi connectivity index (χ3v) is 4.16. The number of nitrogens with zero attached hydrogens (tertiary/aromatic N) is 2. The lowest BCUT2D eigenvalue weighted by molar-refractivity contribution is 0.410. The van der Waals surface area contributed by atoms with Crippen LogP contribution in [0.25, 0.3) is 21.8 Å². The molecule has 0 aliphatic carbocycles. The Bertz CT molecular complexity index is 882. The van der Waals surface area contributed by atoms with E-state index in [-0.39, 0.29) is 0 Å². The van der Waals surface area contributed by atoms with E-state index in [9.17, 15) is 5.26 Å². The average molecular weight is 264 g/mol. The van der Waals surface area contributed by atoms with E-state index in [0.717, 1.165) is 32.9 Å². The zero-order valence-corrected chi connectivity index (χ0v) is 12.1. The molecule has 0 saturated heterocycles. The van der Waals surface area contributed by atoms with Crippen molar-refractivity contribution in [3.8, 4) is 11.8 Å². The van der Waals surface area contributed by atoms with Gasteiger partial charge < -0.3 is 9.30 Å². The molecule has 1 heterocycles. The van der Waals surface area contributed by atoms with E-state index in [4.69, 9.17) is 4.74 Å². The van der Waals surface area contributed by atoms with E-state index in [2.05, 4.69) is 29.7 Å². The summed E-state index contributed by atoms with van der Waals surface area (Å²) in [6.45, 7) is 4.09. The number of fused-ring (bicyclic) bond motifs is 3. The first-order valence-electron chi connectivity index (χ1n) is 6.56. The van der Waals surface area contributed by atoms with Crippen molar-refractivity contribution in [1.29, 1.82) is 5.26 Å². The van der Waals surface area contributed by atoms with E-state index in [1.54, 1.807) is 7.11 Å². The van der Waals surface area contributed by atoms with Gasteiger partial charge in [-0.25, -0.2) is 0 Å². The maximum absolute atomic E-state index is 9.59. The van der Waals surface area contributed by atoms with Crippen LogP contribution < -0.4 is 4.74 Å². The Balaban J connectivity index is 2.72. The smallest absolute Gasteiger partial charge is 0.140 e. The van der Waals surface area contributed by atoms with Gasteiger partial charge in [-0.3, -0.25) is 0 Å². The van der Waals surface area contributed by atoms with Crippen LogP contribution in [0.15, 0.2) is 24.3 Å². The first kappa shape index (κ1) is 12.6. The fourth-order valence-corrected chi connectivity index (χ4v) is 3.10. The fraction of sp³-hybridized carbons (Fsp3) is 0.235. The highest BCUT2D eigenvalue weighted by atomic mass is 16.5. The Labute approximate surface area is 118 Å². The number of rotatable bonds is 1. The van der Waals surface area contributed by atoms with Crippen LogP contribution in [0.3, 0.4) is 0 Å². The van der Waals surface area contributed by atoms with Gasteiger partial charge in [0.15, 0.2) is 0 Å². The summed E-state index contributed by atoms with van der Waals surface area (Å²) in [7, 11) is 3.67. The average Bonchev–Trinajstić information content (AvgIpc) is 2.76. The molecule has 0 aliphatic heterocycles. The van der Waals surface area contributed by atoms with Gasteiger partial charge in [-0.15, -0.1) is 0 Å². The highest BCUT2D eigenvalue weighted by Crippen LogP contribution is 2.39. The van der Waals surface area contributed by atoms with E-state index in [0.29, 0.717) is 11.3 Å². The molecule has 0 spiro atoms. The second kappa shape index (κ2) is 4.28. The Morgan fingerprint density at radius 2 is 1.85 bits per heavy atom. The van der Waals surface area contributed by atoms with Crippen molar-refractivity contribution in [2.75, 3.05) is 7.11 Å². The molecule has 3 aromatic rings. The summed E-state index contributed by atoms with van der Waals surface area (Å²) < 4.78 is 7.64. The van der Waals surface area contributed by atoms with Gasteiger partial charge in [-0.1, -0.05) is 18.2 Å². The third-order valence-electron chi connectivity index (χ3n) is 4.16. The maximum Gasteiger partial charge on any atom is 0.140 e. The lowest BCUT2D eigenvalue weighted by Gasteiger charge is -2.13. The Kier molecular flexibility index (Phi) is 2.69. The zero-order chi connectivity index (χ0) is 14.4. The third kappa shape index (κ3) is 1.39. The summed E-state index contributed by atoms with van der Waals surface area (Å²) in [5.74, 6) is 0.689. The summed E-state index contributed by atoms with van der Waals surface area (Å²) in [5, 5.41) is 11.7. The van der Waals surface area contributed by atoms with Crippen LogP contribution in [0.1, 0.15) is 16.7 Å². The van der Waals surface area contributed by atoms with Crippen molar-refractivity contribution in [2.45, 2.75) is 13.8 Å². The Hall–Kier alpha value is -2.47. The summed E-state index contributed by atoms with van der Waals surface area (Å²) >= 11 is 0. The minimum absolute atomic E-state index is 0.627. The number of benzene rings is 2.